The van der Waals surface area contributed by atoms with E-state index in [1.807, 2.05) is 6.92 Å². The molecular weight excluding hydrogens is 302 g/mol. The molecule has 0 amide bonds. The average molecular weight is 318 g/mol. The Morgan fingerprint density at radius 3 is 2.80 bits per heavy atom. The third-order valence-electron chi connectivity index (χ3n) is 2.85. The van der Waals surface area contributed by atoms with Gasteiger partial charge in [0.25, 0.3) is 10.0 Å². The van der Waals surface area contributed by atoms with Crippen LogP contribution in [-0.2, 0) is 10.0 Å². The number of imidazole rings is 1. The lowest BCUT2D eigenvalue weighted by Gasteiger charge is -2.20. The van der Waals surface area contributed by atoms with Crippen molar-refractivity contribution in [3.05, 3.63) is 29.5 Å². The van der Waals surface area contributed by atoms with Crippen molar-refractivity contribution in [3.8, 4) is 0 Å². The maximum atomic E-state index is 12.7. The van der Waals surface area contributed by atoms with Gasteiger partial charge in [-0.1, -0.05) is 24.6 Å². The molecule has 0 fully saturated rings. The van der Waals surface area contributed by atoms with E-state index in [9.17, 15) is 8.42 Å². The van der Waals surface area contributed by atoms with Gasteiger partial charge in [-0.25, -0.2) is 13.4 Å². The number of pyridine rings is 1. The van der Waals surface area contributed by atoms with E-state index in [-0.39, 0.29) is 23.3 Å². The Hall–Kier alpha value is -1.15. The molecule has 2 rings (SSSR count). The molecule has 0 aliphatic carbocycles. The van der Waals surface area contributed by atoms with Crippen LogP contribution >= 0.6 is 11.6 Å². The van der Waals surface area contributed by atoms with Crippen LogP contribution in [0.5, 0.6) is 0 Å². The summed E-state index contributed by atoms with van der Waals surface area (Å²) in [7, 11) is -3.80. The Balaban J connectivity index is 2.58. The molecule has 8 heteroatoms. The van der Waals surface area contributed by atoms with Gasteiger partial charge in [-0.15, -0.1) is 0 Å². The van der Waals surface area contributed by atoms with E-state index in [0.717, 1.165) is 0 Å². The van der Waals surface area contributed by atoms with E-state index in [0.29, 0.717) is 18.6 Å². The first-order valence-corrected chi connectivity index (χ1v) is 8.07. The van der Waals surface area contributed by atoms with Gasteiger partial charge in [0.1, 0.15) is 5.65 Å². The summed E-state index contributed by atoms with van der Waals surface area (Å²) in [6.07, 6.45) is 2.25. The van der Waals surface area contributed by atoms with E-state index >= 15 is 0 Å². The van der Waals surface area contributed by atoms with Crippen molar-refractivity contribution in [2.75, 3.05) is 19.7 Å². The Labute approximate surface area is 122 Å². The van der Waals surface area contributed by atoms with Crippen molar-refractivity contribution < 1.29 is 13.5 Å². The van der Waals surface area contributed by atoms with Crippen molar-refractivity contribution in [2.24, 2.45) is 0 Å². The van der Waals surface area contributed by atoms with Crippen LogP contribution in [0.3, 0.4) is 0 Å². The first kappa shape index (κ1) is 15.2. The molecule has 0 spiro atoms. The summed E-state index contributed by atoms with van der Waals surface area (Å²) in [5.74, 6) is 0. The second kappa shape index (κ2) is 6.09. The van der Waals surface area contributed by atoms with Gasteiger partial charge in [-0.3, -0.25) is 4.40 Å². The van der Waals surface area contributed by atoms with Crippen molar-refractivity contribution in [1.82, 2.24) is 13.7 Å². The van der Waals surface area contributed by atoms with E-state index < -0.39 is 10.0 Å². The fourth-order valence-electron chi connectivity index (χ4n) is 2.01. The van der Waals surface area contributed by atoms with E-state index in [4.69, 9.17) is 16.7 Å². The Morgan fingerprint density at radius 2 is 2.15 bits per heavy atom. The van der Waals surface area contributed by atoms with Crippen LogP contribution < -0.4 is 0 Å². The SMILES string of the molecule is CCCN(CCO)S(=O)(=O)c1c(Cl)nc2ccccn12. The van der Waals surface area contributed by atoms with Gasteiger partial charge >= 0.3 is 0 Å². The van der Waals surface area contributed by atoms with E-state index in [1.165, 1.54) is 8.71 Å². The lowest BCUT2D eigenvalue weighted by atomic mass is 10.5. The molecule has 0 aromatic carbocycles. The third-order valence-corrected chi connectivity index (χ3v) is 5.15. The molecule has 2 heterocycles. The van der Waals surface area contributed by atoms with Gasteiger partial charge in [0.15, 0.2) is 10.2 Å². The smallest absolute Gasteiger partial charge is 0.262 e. The highest BCUT2D eigenvalue weighted by molar-refractivity contribution is 7.89. The zero-order chi connectivity index (χ0) is 14.8. The third kappa shape index (κ3) is 2.67. The predicted octanol–water partition coefficient (Wildman–Crippen LogP) is 1.38. The summed E-state index contributed by atoms with van der Waals surface area (Å²) in [4.78, 5) is 4.04. The molecule has 0 radical (unpaired) electrons. The van der Waals surface area contributed by atoms with E-state index in [1.54, 1.807) is 24.4 Å². The quantitative estimate of drug-likeness (QED) is 0.873. The number of aliphatic hydroxyl groups is 1. The standard InChI is InChI=1S/C12H16ClN3O3S/c1-2-6-15(8-9-17)20(18,19)12-11(13)14-10-5-3-4-7-16(10)12/h3-5,7,17H,2,6,8-9H2,1H3. The van der Waals surface area contributed by atoms with Crippen LogP contribution in [0.25, 0.3) is 5.65 Å². The molecule has 0 aliphatic rings. The van der Waals surface area contributed by atoms with Crippen molar-refractivity contribution in [1.29, 1.82) is 0 Å². The van der Waals surface area contributed by atoms with Crippen molar-refractivity contribution in [3.63, 3.8) is 0 Å². The second-order valence-corrected chi connectivity index (χ2v) is 6.48. The zero-order valence-electron chi connectivity index (χ0n) is 11.0. The van der Waals surface area contributed by atoms with Crippen LogP contribution in [0.1, 0.15) is 13.3 Å². The molecule has 110 valence electrons. The summed E-state index contributed by atoms with van der Waals surface area (Å²) < 4.78 is 28.0. The van der Waals surface area contributed by atoms with Crippen LogP contribution in [0, 0.1) is 0 Å². The number of halogens is 1. The lowest BCUT2D eigenvalue weighted by molar-refractivity contribution is 0.253. The largest absolute Gasteiger partial charge is 0.395 e. The topological polar surface area (TPSA) is 74.9 Å². The molecule has 0 saturated heterocycles. The predicted molar refractivity (Wildman–Crippen MR) is 76.3 cm³/mol. The summed E-state index contributed by atoms with van der Waals surface area (Å²) in [5, 5.41) is 8.93. The number of aromatic nitrogens is 2. The van der Waals surface area contributed by atoms with Gasteiger partial charge in [0, 0.05) is 19.3 Å². The molecule has 0 bridgehead atoms. The minimum atomic E-state index is -3.80. The van der Waals surface area contributed by atoms with Gasteiger partial charge in [0.05, 0.1) is 6.61 Å². The molecular formula is C12H16ClN3O3S. The highest BCUT2D eigenvalue weighted by Gasteiger charge is 2.30. The summed E-state index contributed by atoms with van der Waals surface area (Å²) in [5.41, 5.74) is 0.469. The molecule has 0 unspecified atom stereocenters. The molecule has 0 saturated carbocycles. The van der Waals surface area contributed by atoms with Gasteiger partial charge in [-0.05, 0) is 18.6 Å². The number of sulfonamides is 1. The summed E-state index contributed by atoms with van der Waals surface area (Å²) >= 11 is 6.00. The monoisotopic (exact) mass is 317 g/mol. The lowest BCUT2D eigenvalue weighted by Crippen LogP contribution is -2.35. The summed E-state index contributed by atoms with van der Waals surface area (Å²) in [6, 6.07) is 5.15. The Kier molecular flexibility index (Phi) is 4.64. The first-order chi connectivity index (χ1) is 9.52. The number of rotatable bonds is 6. The Bertz CT molecular complexity index is 693. The highest BCUT2D eigenvalue weighted by Crippen LogP contribution is 2.25. The fourth-order valence-corrected chi connectivity index (χ4v) is 4.13. The van der Waals surface area contributed by atoms with Gasteiger partial charge in [-0.2, -0.15) is 4.31 Å². The molecule has 1 N–H and O–H groups in total. The van der Waals surface area contributed by atoms with Gasteiger partial charge < -0.3 is 5.11 Å². The number of hydrogen-bond donors (Lipinski definition) is 1. The normalized spacial score (nSPS) is 12.4. The number of hydrogen-bond acceptors (Lipinski definition) is 4. The van der Waals surface area contributed by atoms with Crippen molar-refractivity contribution >= 4 is 27.3 Å². The molecule has 2 aromatic rings. The number of nitrogens with zero attached hydrogens (tertiary/aromatic N) is 3. The van der Waals surface area contributed by atoms with Crippen LogP contribution in [0.15, 0.2) is 29.4 Å². The van der Waals surface area contributed by atoms with Crippen LogP contribution in [0.2, 0.25) is 5.15 Å². The summed E-state index contributed by atoms with van der Waals surface area (Å²) in [6.45, 7) is 1.98. The zero-order valence-corrected chi connectivity index (χ0v) is 12.6. The maximum Gasteiger partial charge on any atom is 0.262 e. The Morgan fingerprint density at radius 1 is 1.40 bits per heavy atom. The van der Waals surface area contributed by atoms with E-state index in [2.05, 4.69) is 4.98 Å². The average Bonchev–Trinajstić information content (AvgIpc) is 2.74. The minimum absolute atomic E-state index is 0.0343. The maximum absolute atomic E-state index is 12.7. The minimum Gasteiger partial charge on any atom is -0.395 e. The van der Waals surface area contributed by atoms with Crippen molar-refractivity contribution in [2.45, 2.75) is 18.4 Å². The highest BCUT2D eigenvalue weighted by atomic mass is 35.5. The van der Waals surface area contributed by atoms with Crippen LogP contribution in [-0.4, -0.2) is 46.9 Å². The molecule has 0 aliphatic heterocycles. The first-order valence-electron chi connectivity index (χ1n) is 6.26. The molecule has 20 heavy (non-hydrogen) atoms. The number of aliphatic hydroxyl groups excluding tert-OH is 1. The second-order valence-electron chi connectivity index (χ2n) is 4.26. The molecule has 2 aromatic heterocycles. The number of fused-ring (bicyclic) bond motifs is 1. The van der Waals surface area contributed by atoms with Gasteiger partial charge in [0.2, 0.25) is 0 Å². The molecule has 0 atom stereocenters. The van der Waals surface area contributed by atoms with Crippen LogP contribution in [0.4, 0.5) is 0 Å². The molecule has 6 nitrogen and oxygen atoms in total. The fraction of sp³-hybridized carbons (Fsp3) is 0.417.